The van der Waals surface area contributed by atoms with Crippen molar-refractivity contribution in [2.24, 2.45) is 0 Å². The minimum Gasteiger partial charge on any atom is -0.337 e. The smallest absolute Gasteiger partial charge is 0.246 e. The van der Waals surface area contributed by atoms with Crippen molar-refractivity contribution in [2.45, 2.75) is 26.3 Å². The number of hydrogen-bond donors (Lipinski definition) is 1. The van der Waals surface area contributed by atoms with Crippen molar-refractivity contribution in [1.82, 2.24) is 15.5 Å². The molecule has 18 heavy (non-hydrogen) atoms. The lowest BCUT2D eigenvalue weighted by atomic mass is 10.1. The van der Waals surface area contributed by atoms with Crippen molar-refractivity contribution >= 4 is 11.6 Å². The van der Waals surface area contributed by atoms with Crippen molar-refractivity contribution in [3.63, 3.8) is 0 Å². The maximum Gasteiger partial charge on any atom is 0.246 e. The number of aromatic nitrogens is 2. The summed E-state index contributed by atoms with van der Waals surface area (Å²) in [6, 6.07) is 7.36. The van der Waals surface area contributed by atoms with Crippen LogP contribution in [0.25, 0.3) is 11.4 Å². The highest BCUT2D eigenvalue weighted by Crippen LogP contribution is 2.23. The predicted molar refractivity (Wildman–Crippen MR) is 71.4 cm³/mol. The number of hydrogen-bond acceptors (Lipinski definition) is 4. The van der Waals surface area contributed by atoms with Crippen LogP contribution in [0.1, 0.15) is 26.7 Å². The third-order valence-corrected chi connectivity index (χ3v) is 2.93. The third kappa shape index (κ3) is 2.71. The standard InChI is InChI=1S/C13H16ClN3O/c1-4-15-13(2,3)12-16-11(17-18-12)9-5-7-10(14)8-6-9/h5-8,15H,4H2,1-3H3. The van der Waals surface area contributed by atoms with Gasteiger partial charge in [-0.25, -0.2) is 0 Å². The number of halogens is 1. The Kier molecular flexibility index (Phi) is 3.68. The van der Waals surface area contributed by atoms with Crippen LogP contribution in [0, 0.1) is 0 Å². The number of rotatable bonds is 4. The number of benzene rings is 1. The van der Waals surface area contributed by atoms with Crippen LogP contribution in [-0.2, 0) is 5.54 Å². The molecule has 1 aromatic carbocycles. The van der Waals surface area contributed by atoms with Gasteiger partial charge in [-0.2, -0.15) is 4.98 Å². The molecule has 4 nitrogen and oxygen atoms in total. The van der Waals surface area contributed by atoms with Crippen LogP contribution in [0.15, 0.2) is 28.8 Å². The highest BCUT2D eigenvalue weighted by Gasteiger charge is 2.26. The van der Waals surface area contributed by atoms with Crippen molar-refractivity contribution in [2.75, 3.05) is 6.54 Å². The first-order valence-electron chi connectivity index (χ1n) is 5.88. The highest BCUT2D eigenvalue weighted by molar-refractivity contribution is 6.30. The lowest BCUT2D eigenvalue weighted by Crippen LogP contribution is -2.36. The monoisotopic (exact) mass is 265 g/mol. The number of nitrogens with one attached hydrogen (secondary N) is 1. The van der Waals surface area contributed by atoms with Crippen molar-refractivity contribution in [3.8, 4) is 11.4 Å². The first-order chi connectivity index (χ1) is 8.53. The van der Waals surface area contributed by atoms with Crippen LogP contribution < -0.4 is 5.32 Å². The van der Waals surface area contributed by atoms with Crippen LogP contribution in [0.4, 0.5) is 0 Å². The Balaban J connectivity index is 2.28. The molecule has 2 rings (SSSR count). The van der Waals surface area contributed by atoms with E-state index in [0.717, 1.165) is 12.1 Å². The molecule has 0 bridgehead atoms. The van der Waals surface area contributed by atoms with Gasteiger partial charge in [0.15, 0.2) is 0 Å². The highest BCUT2D eigenvalue weighted by atomic mass is 35.5. The van der Waals surface area contributed by atoms with Crippen LogP contribution in [-0.4, -0.2) is 16.7 Å². The second-order valence-corrected chi connectivity index (χ2v) is 5.02. The fourth-order valence-corrected chi connectivity index (χ4v) is 1.84. The lowest BCUT2D eigenvalue weighted by Gasteiger charge is -2.20. The van der Waals surface area contributed by atoms with E-state index in [4.69, 9.17) is 16.1 Å². The molecule has 2 aromatic rings. The minimum absolute atomic E-state index is 0.327. The average molecular weight is 266 g/mol. The van der Waals surface area contributed by atoms with Gasteiger partial charge < -0.3 is 9.84 Å². The zero-order chi connectivity index (χ0) is 13.2. The Bertz CT molecular complexity index is 519. The molecule has 0 unspecified atom stereocenters. The van der Waals surface area contributed by atoms with E-state index in [9.17, 15) is 0 Å². The Morgan fingerprint density at radius 2 is 1.94 bits per heavy atom. The summed E-state index contributed by atoms with van der Waals surface area (Å²) < 4.78 is 5.31. The van der Waals surface area contributed by atoms with E-state index in [1.807, 2.05) is 45.0 Å². The van der Waals surface area contributed by atoms with Gasteiger partial charge in [-0.05, 0) is 44.7 Å². The molecule has 0 radical (unpaired) electrons. The fourth-order valence-electron chi connectivity index (χ4n) is 1.71. The van der Waals surface area contributed by atoms with Crippen LogP contribution in [0.2, 0.25) is 5.02 Å². The largest absolute Gasteiger partial charge is 0.337 e. The maximum absolute atomic E-state index is 5.84. The van der Waals surface area contributed by atoms with E-state index in [2.05, 4.69) is 15.5 Å². The van der Waals surface area contributed by atoms with Crippen molar-refractivity contribution < 1.29 is 4.52 Å². The Morgan fingerprint density at radius 1 is 1.28 bits per heavy atom. The first-order valence-corrected chi connectivity index (χ1v) is 6.26. The zero-order valence-electron chi connectivity index (χ0n) is 10.7. The van der Waals surface area contributed by atoms with E-state index < -0.39 is 0 Å². The van der Waals surface area contributed by atoms with E-state index in [0.29, 0.717) is 16.7 Å². The Labute approximate surface area is 111 Å². The zero-order valence-corrected chi connectivity index (χ0v) is 11.5. The van der Waals surface area contributed by atoms with E-state index in [-0.39, 0.29) is 5.54 Å². The molecule has 0 aliphatic heterocycles. The van der Waals surface area contributed by atoms with E-state index in [1.165, 1.54) is 0 Å². The molecule has 0 amide bonds. The molecule has 1 heterocycles. The molecule has 0 aliphatic rings. The maximum atomic E-state index is 5.84. The Morgan fingerprint density at radius 3 is 2.56 bits per heavy atom. The van der Waals surface area contributed by atoms with Crippen LogP contribution in [0.5, 0.6) is 0 Å². The SMILES string of the molecule is CCNC(C)(C)c1nc(-c2ccc(Cl)cc2)no1. The predicted octanol–water partition coefficient (Wildman–Crippen LogP) is 3.23. The van der Waals surface area contributed by atoms with Gasteiger partial charge in [0.05, 0.1) is 5.54 Å². The van der Waals surface area contributed by atoms with Gasteiger partial charge in [0.2, 0.25) is 11.7 Å². The second kappa shape index (κ2) is 5.08. The van der Waals surface area contributed by atoms with Crippen LogP contribution >= 0.6 is 11.6 Å². The molecular weight excluding hydrogens is 250 g/mol. The third-order valence-electron chi connectivity index (χ3n) is 2.68. The summed E-state index contributed by atoms with van der Waals surface area (Å²) in [5.74, 6) is 1.15. The summed E-state index contributed by atoms with van der Waals surface area (Å²) in [6.45, 7) is 6.90. The van der Waals surface area contributed by atoms with Crippen molar-refractivity contribution in [1.29, 1.82) is 0 Å². The molecule has 0 saturated heterocycles. The van der Waals surface area contributed by atoms with Crippen molar-refractivity contribution in [3.05, 3.63) is 35.2 Å². The molecule has 1 N–H and O–H groups in total. The average Bonchev–Trinajstić information content (AvgIpc) is 2.80. The fraction of sp³-hybridized carbons (Fsp3) is 0.385. The van der Waals surface area contributed by atoms with Gasteiger partial charge in [-0.15, -0.1) is 0 Å². The molecule has 0 saturated carbocycles. The lowest BCUT2D eigenvalue weighted by molar-refractivity contribution is 0.272. The summed E-state index contributed by atoms with van der Waals surface area (Å²) in [6.07, 6.45) is 0. The summed E-state index contributed by atoms with van der Waals surface area (Å²) in [4.78, 5) is 4.42. The van der Waals surface area contributed by atoms with Gasteiger partial charge in [0.25, 0.3) is 0 Å². The molecule has 0 atom stereocenters. The molecule has 0 spiro atoms. The molecule has 96 valence electrons. The summed E-state index contributed by atoms with van der Waals surface area (Å²) in [5, 5.41) is 7.98. The van der Waals surface area contributed by atoms with Gasteiger partial charge in [-0.1, -0.05) is 23.7 Å². The molecule has 1 aromatic heterocycles. The normalized spacial score (nSPS) is 11.8. The topological polar surface area (TPSA) is 51.0 Å². The molecular formula is C13H16ClN3O. The number of nitrogens with zero attached hydrogens (tertiary/aromatic N) is 2. The van der Waals surface area contributed by atoms with E-state index >= 15 is 0 Å². The molecule has 5 heteroatoms. The summed E-state index contributed by atoms with van der Waals surface area (Å²) >= 11 is 5.84. The molecule has 0 aliphatic carbocycles. The summed E-state index contributed by atoms with van der Waals surface area (Å²) in [7, 11) is 0. The van der Waals surface area contributed by atoms with E-state index in [1.54, 1.807) is 0 Å². The second-order valence-electron chi connectivity index (χ2n) is 4.59. The molecule has 0 fully saturated rings. The van der Waals surface area contributed by atoms with Gasteiger partial charge >= 0.3 is 0 Å². The van der Waals surface area contributed by atoms with Crippen LogP contribution in [0.3, 0.4) is 0 Å². The van der Waals surface area contributed by atoms with Gasteiger partial charge in [0.1, 0.15) is 0 Å². The van der Waals surface area contributed by atoms with Gasteiger partial charge in [-0.3, -0.25) is 0 Å². The van der Waals surface area contributed by atoms with Gasteiger partial charge in [0, 0.05) is 10.6 Å². The minimum atomic E-state index is -0.327. The quantitative estimate of drug-likeness (QED) is 0.922. The first kappa shape index (κ1) is 13.1. The summed E-state index contributed by atoms with van der Waals surface area (Å²) in [5.41, 5.74) is 0.564. The Hall–Kier alpha value is -1.39.